The molecule has 0 heterocycles. The van der Waals surface area contributed by atoms with E-state index in [2.05, 4.69) is 33.1 Å². The van der Waals surface area contributed by atoms with Crippen molar-refractivity contribution in [3.63, 3.8) is 0 Å². The molecule has 0 aliphatic heterocycles. The molecular formula is C15H31NO. The third-order valence-corrected chi connectivity index (χ3v) is 4.07. The van der Waals surface area contributed by atoms with Crippen molar-refractivity contribution in [2.75, 3.05) is 13.7 Å². The van der Waals surface area contributed by atoms with Crippen LogP contribution >= 0.6 is 0 Å². The van der Waals surface area contributed by atoms with Gasteiger partial charge in [0, 0.05) is 12.6 Å². The van der Waals surface area contributed by atoms with Gasteiger partial charge in [-0.05, 0) is 38.1 Å². The highest BCUT2D eigenvalue weighted by atomic mass is 16.5. The van der Waals surface area contributed by atoms with Crippen LogP contribution in [0.25, 0.3) is 0 Å². The van der Waals surface area contributed by atoms with E-state index in [0.717, 1.165) is 12.5 Å². The molecule has 0 aromatic heterocycles. The zero-order valence-electron chi connectivity index (χ0n) is 12.2. The standard InChI is InChI=1S/C15H31NO/c1-5-6-7-8-9-17-15-13(3)10-12(2)11-14(15)16-4/h12-16H,5-11H2,1-4H3. The summed E-state index contributed by atoms with van der Waals surface area (Å²) in [7, 11) is 2.07. The average Bonchev–Trinajstić information content (AvgIpc) is 2.30. The van der Waals surface area contributed by atoms with Gasteiger partial charge in [-0.25, -0.2) is 0 Å². The van der Waals surface area contributed by atoms with Gasteiger partial charge >= 0.3 is 0 Å². The smallest absolute Gasteiger partial charge is 0.0753 e. The molecule has 0 aromatic rings. The Morgan fingerprint density at radius 3 is 2.53 bits per heavy atom. The van der Waals surface area contributed by atoms with E-state index in [-0.39, 0.29) is 0 Å². The van der Waals surface area contributed by atoms with Crippen LogP contribution in [-0.4, -0.2) is 25.8 Å². The Morgan fingerprint density at radius 2 is 1.88 bits per heavy atom. The van der Waals surface area contributed by atoms with E-state index in [1.807, 2.05) is 0 Å². The summed E-state index contributed by atoms with van der Waals surface area (Å²) in [5, 5.41) is 3.44. The first-order valence-corrected chi connectivity index (χ1v) is 7.47. The molecule has 2 heteroatoms. The summed E-state index contributed by atoms with van der Waals surface area (Å²) < 4.78 is 6.13. The summed E-state index contributed by atoms with van der Waals surface area (Å²) in [4.78, 5) is 0. The van der Waals surface area contributed by atoms with Crippen LogP contribution in [0.4, 0.5) is 0 Å². The first kappa shape index (κ1) is 15.0. The summed E-state index contributed by atoms with van der Waals surface area (Å²) >= 11 is 0. The third-order valence-electron chi connectivity index (χ3n) is 4.07. The predicted molar refractivity (Wildman–Crippen MR) is 74.3 cm³/mol. The van der Waals surface area contributed by atoms with Gasteiger partial charge in [-0.1, -0.05) is 40.0 Å². The monoisotopic (exact) mass is 241 g/mol. The Morgan fingerprint density at radius 1 is 1.12 bits per heavy atom. The number of hydrogen-bond donors (Lipinski definition) is 1. The summed E-state index contributed by atoms with van der Waals surface area (Å²) in [6.07, 6.45) is 8.20. The highest BCUT2D eigenvalue weighted by molar-refractivity contribution is 4.87. The molecular weight excluding hydrogens is 210 g/mol. The summed E-state index contributed by atoms with van der Waals surface area (Å²) in [5.41, 5.74) is 0. The van der Waals surface area contributed by atoms with Gasteiger partial charge in [0.05, 0.1) is 6.10 Å². The molecule has 1 N–H and O–H groups in total. The molecule has 0 bridgehead atoms. The van der Waals surface area contributed by atoms with E-state index < -0.39 is 0 Å². The first-order valence-electron chi connectivity index (χ1n) is 7.47. The molecule has 4 unspecified atom stereocenters. The third kappa shape index (κ3) is 4.97. The van der Waals surface area contributed by atoms with Gasteiger partial charge < -0.3 is 10.1 Å². The summed E-state index contributed by atoms with van der Waals surface area (Å²) in [6, 6.07) is 0.555. The fourth-order valence-corrected chi connectivity index (χ4v) is 3.14. The van der Waals surface area contributed by atoms with Crippen molar-refractivity contribution in [3.8, 4) is 0 Å². The molecule has 0 radical (unpaired) electrons. The Balaban J connectivity index is 2.28. The van der Waals surface area contributed by atoms with Crippen LogP contribution in [0.3, 0.4) is 0 Å². The highest BCUT2D eigenvalue weighted by Gasteiger charge is 2.33. The largest absolute Gasteiger partial charge is 0.376 e. The van der Waals surface area contributed by atoms with Crippen LogP contribution in [0, 0.1) is 11.8 Å². The Kier molecular flexibility index (Phi) is 7.14. The van der Waals surface area contributed by atoms with E-state index in [0.29, 0.717) is 18.1 Å². The number of unbranched alkanes of at least 4 members (excludes halogenated alkanes) is 3. The molecule has 4 atom stereocenters. The second-order valence-electron chi connectivity index (χ2n) is 5.85. The van der Waals surface area contributed by atoms with Crippen LogP contribution in [0.5, 0.6) is 0 Å². The van der Waals surface area contributed by atoms with Crippen LogP contribution in [0.15, 0.2) is 0 Å². The van der Waals surface area contributed by atoms with Gasteiger partial charge in [0.1, 0.15) is 0 Å². The van der Waals surface area contributed by atoms with E-state index in [9.17, 15) is 0 Å². The maximum Gasteiger partial charge on any atom is 0.0753 e. The molecule has 102 valence electrons. The zero-order valence-corrected chi connectivity index (χ0v) is 12.2. The molecule has 2 nitrogen and oxygen atoms in total. The molecule has 1 aliphatic carbocycles. The quantitative estimate of drug-likeness (QED) is 0.688. The number of hydrogen-bond acceptors (Lipinski definition) is 2. The zero-order chi connectivity index (χ0) is 12.7. The van der Waals surface area contributed by atoms with Crippen molar-refractivity contribution in [2.24, 2.45) is 11.8 Å². The Hall–Kier alpha value is -0.0800. The van der Waals surface area contributed by atoms with Crippen molar-refractivity contribution >= 4 is 0 Å². The number of rotatable bonds is 7. The first-order chi connectivity index (χ1) is 8.19. The average molecular weight is 241 g/mol. The van der Waals surface area contributed by atoms with Gasteiger partial charge in [0.25, 0.3) is 0 Å². The van der Waals surface area contributed by atoms with Crippen LogP contribution < -0.4 is 5.32 Å². The van der Waals surface area contributed by atoms with E-state index in [1.54, 1.807) is 0 Å². The maximum absolute atomic E-state index is 6.13. The van der Waals surface area contributed by atoms with Crippen LogP contribution in [-0.2, 0) is 4.74 Å². The van der Waals surface area contributed by atoms with Gasteiger partial charge in [-0.3, -0.25) is 0 Å². The molecule has 0 spiro atoms. The van der Waals surface area contributed by atoms with Crippen LogP contribution in [0.1, 0.15) is 59.3 Å². The molecule has 1 aliphatic rings. The molecule has 1 fully saturated rings. The Bertz CT molecular complexity index is 195. The van der Waals surface area contributed by atoms with E-state index >= 15 is 0 Å². The summed E-state index contributed by atoms with van der Waals surface area (Å²) in [5.74, 6) is 1.53. The second-order valence-corrected chi connectivity index (χ2v) is 5.85. The molecule has 1 saturated carbocycles. The Labute approximate surface area is 108 Å². The highest BCUT2D eigenvalue weighted by Crippen LogP contribution is 2.31. The minimum atomic E-state index is 0.429. The molecule has 0 aromatic carbocycles. The molecule has 1 rings (SSSR count). The molecule has 17 heavy (non-hydrogen) atoms. The van der Waals surface area contributed by atoms with Gasteiger partial charge in [-0.2, -0.15) is 0 Å². The molecule has 0 amide bonds. The van der Waals surface area contributed by atoms with E-state index in [1.165, 1.54) is 38.5 Å². The van der Waals surface area contributed by atoms with Gasteiger partial charge in [-0.15, -0.1) is 0 Å². The minimum absolute atomic E-state index is 0.429. The lowest BCUT2D eigenvalue weighted by molar-refractivity contribution is -0.0372. The van der Waals surface area contributed by atoms with E-state index in [4.69, 9.17) is 4.74 Å². The van der Waals surface area contributed by atoms with Crippen molar-refractivity contribution in [1.82, 2.24) is 5.32 Å². The SMILES string of the molecule is CCCCCCOC1C(C)CC(C)CC1NC. The van der Waals surface area contributed by atoms with Crippen molar-refractivity contribution in [1.29, 1.82) is 0 Å². The second kappa shape index (κ2) is 8.10. The topological polar surface area (TPSA) is 21.3 Å². The van der Waals surface area contributed by atoms with Crippen molar-refractivity contribution < 1.29 is 4.74 Å². The van der Waals surface area contributed by atoms with Gasteiger partial charge in [0.15, 0.2) is 0 Å². The lowest BCUT2D eigenvalue weighted by Crippen LogP contribution is -2.48. The minimum Gasteiger partial charge on any atom is -0.376 e. The summed E-state index contributed by atoms with van der Waals surface area (Å²) in [6.45, 7) is 7.90. The number of ether oxygens (including phenoxy) is 1. The van der Waals surface area contributed by atoms with Gasteiger partial charge in [0.2, 0.25) is 0 Å². The number of nitrogens with one attached hydrogen (secondary N) is 1. The maximum atomic E-state index is 6.13. The normalized spacial score (nSPS) is 33.9. The lowest BCUT2D eigenvalue weighted by Gasteiger charge is -2.39. The fraction of sp³-hybridized carbons (Fsp3) is 1.00. The predicted octanol–water partition coefficient (Wildman–Crippen LogP) is 3.61. The fourth-order valence-electron chi connectivity index (χ4n) is 3.14. The molecule has 0 saturated heterocycles. The van der Waals surface area contributed by atoms with Crippen molar-refractivity contribution in [2.45, 2.75) is 71.4 Å². The van der Waals surface area contributed by atoms with Crippen molar-refractivity contribution in [3.05, 3.63) is 0 Å². The van der Waals surface area contributed by atoms with Crippen LogP contribution in [0.2, 0.25) is 0 Å². The lowest BCUT2D eigenvalue weighted by atomic mass is 9.78. The number of likely N-dealkylation sites (N-methyl/N-ethyl adjacent to an activating group) is 1.